The van der Waals surface area contributed by atoms with Gasteiger partial charge in [-0.05, 0) is 0 Å². The van der Waals surface area contributed by atoms with Crippen molar-refractivity contribution in [2.24, 2.45) is 0 Å². The van der Waals surface area contributed by atoms with E-state index in [0.717, 1.165) is 10.8 Å². The summed E-state index contributed by atoms with van der Waals surface area (Å²) >= 11 is 1.43. The zero-order valence-corrected chi connectivity index (χ0v) is 10.5. The molecule has 7 nitrogen and oxygen atoms in total. The van der Waals surface area contributed by atoms with Crippen LogP contribution in [0.3, 0.4) is 0 Å². The van der Waals surface area contributed by atoms with Crippen LogP contribution in [0.1, 0.15) is 23.8 Å². The molecule has 8 heteroatoms. The van der Waals surface area contributed by atoms with Gasteiger partial charge in [-0.2, -0.15) is 4.98 Å². The molecular weight excluding hydrogens is 256 g/mol. The summed E-state index contributed by atoms with van der Waals surface area (Å²) in [7, 11) is 0. The second kappa shape index (κ2) is 5.58. The number of hydrogen-bond donors (Lipinski definition) is 2. The molecule has 2 N–H and O–H groups in total. The van der Waals surface area contributed by atoms with Gasteiger partial charge in [-0.25, -0.2) is 4.98 Å². The van der Waals surface area contributed by atoms with Crippen LogP contribution in [0.2, 0.25) is 0 Å². The smallest absolute Gasteiger partial charge is 0.303 e. The van der Waals surface area contributed by atoms with Gasteiger partial charge in [0.25, 0.3) is 0 Å². The molecule has 0 bridgehead atoms. The first kappa shape index (κ1) is 12.5. The van der Waals surface area contributed by atoms with Gasteiger partial charge in [0.05, 0.1) is 18.7 Å². The number of carboxylic acids is 1. The fraction of sp³-hybridized carbons (Fsp3) is 0.400. The number of carboxylic acid groups (broad SMARTS) is 1. The van der Waals surface area contributed by atoms with Crippen molar-refractivity contribution in [3.8, 4) is 0 Å². The molecule has 0 aliphatic rings. The molecule has 0 atom stereocenters. The van der Waals surface area contributed by atoms with E-state index in [9.17, 15) is 4.79 Å². The van der Waals surface area contributed by atoms with E-state index in [4.69, 9.17) is 9.63 Å². The Bertz CT molecular complexity index is 537. The van der Waals surface area contributed by atoms with Crippen LogP contribution >= 0.6 is 11.3 Å². The maximum atomic E-state index is 10.4. The third-order valence-corrected chi connectivity index (χ3v) is 2.96. The summed E-state index contributed by atoms with van der Waals surface area (Å²) in [4.78, 5) is 18.7. The van der Waals surface area contributed by atoms with Crippen molar-refractivity contribution in [1.29, 1.82) is 0 Å². The van der Waals surface area contributed by atoms with Crippen LogP contribution in [0.15, 0.2) is 9.90 Å². The van der Waals surface area contributed by atoms with Crippen molar-refractivity contribution in [2.75, 3.05) is 5.32 Å². The number of nitrogens with one attached hydrogen (secondary N) is 1. The van der Waals surface area contributed by atoms with Gasteiger partial charge in [0.15, 0.2) is 11.0 Å². The Labute approximate surface area is 107 Å². The minimum Gasteiger partial charge on any atom is -0.481 e. The second-order valence-corrected chi connectivity index (χ2v) is 4.48. The van der Waals surface area contributed by atoms with E-state index < -0.39 is 5.97 Å². The Morgan fingerprint density at radius 2 is 2.39 bits per heavy atom. The number of anilines is 1. The monoisotopic (exact) mass is 268 g/mol. The van der Waals surface area contributed by atoms with Gasteiger partial charge in [0, 0.05) is 18.7 Å². The molecule has 0 fully saturated rings. The predicted molar refractivity (Wildman–Crippen MR) is 64.4 cm³/mol. The first-order valence-corrected chi connectivity index (χ1v) is 6.20. The summed E-state index contributed by atoms with van der Waals surface area (Å²) in [6, 6.07) is 0. The average molecular weight is 268 g/mol. The van der Waals surface area contributed by atoms with Crippen molar-refractivity contribution in [3.63, 3.8) is 0 Å². The molecule has 0 aliphatic heterocycles. The van der Waals surface area contributed by atoms with Gasteiger partial charge in [0.2, 0.25) is 5.89 Å². The lowest BCUT2D eigenvalue weighted by atomic mass is 10.2. The summed E-state index contributed by atoms with van der Waals surface area (Å²) in [5.41, 5.74) is 0.772. The van der Waals surface area contributed by atoms with Crippen molar-refractivity contribution in [3.05, 3.63) is 22.8 Å². The number of aliphatic carboxylic acids is 1. The Kier molecular flexibility index (Phi) is 3.88. The second-order valence-electron chi connectivity index (χ2n) is 3.62. The summed E-state index contributed by atoms with van der Waals surface area (Å²) in [6.45, 7) is 2.16. The lowest BCUT2D eigenvalue weighted by Crippen LogP contribution is -2.01. The van der Waals surface area contributed by atoms with Crippen LogP contribution in [0, 0.1) is 6.92 Å². The largest absolute Gasteiger partial charge is 0.481 e. The lowest BCUT2D eigenvalue weighted by molar-refractivity contribution is -0.136. The highest BCUT2D eigenvalue weighted by atomic mass is 32.1. The molecule has 18 heavy (non-hydrogen) atoms. The first-order valence-electron chi connectivity index (χ1n) is 5.33. The van der Waals surface area contributed by atoms with Crippen molar-refractivity contribution in [1.82, 2.24) is 15.1 Å². The van der Waals surface area contributed by atoms with E-state index in [1.807, 2.05) is 5.38 Å². The lowest BCUT2D eigenvalue weighted by Gasteiger charge is -1.96. The summed E-state index contributed by atoms with van der Waals surface area (Å²) in [6.07, 6.45) is 0.530. The van der Waals surface area contributed by atoms with Crippen molar-refractivity contribution >= 4 is 22.4 Å². The van der Waals surface area contributed by atoms with Gasteiger partial charge >= 0.3 is 5.97 Å². The Hall–Kier alpha value is -1.96. The molecule has 96 valence electrons. The van der Waals surface area contributed by atoms with Gasteiger partial charge < -0.3 is 14.9 Å². The van der Waals surface area contributed by atoms with Crippen LogP contribution in [-0.4, -0.2) is 26.2 Å². The molecule has 0 aliphatic carbocycles. The molecule has 2 aromatic heterocycles. The third-order valence-electron chi connectivity index (χ3n) is 2.11. The molecule has 2 rings (SSSR count). The topological polar surface area (TPSA) is 101 Å². The van der Waals surface area contributed by atoms with Crippen LogP contribution in [0.4, 0.5) is 5.13 Å². The zero-order valence-electron chi connectivity index (χ0n) is 9.71. The quantitative estimate of drug-likeness (QED) is 0.817. The van der Waals surface area contributed by atoms with E-state index in [2.05, 4.69) is 20.4 Å². The molecule has 0 amide bonds. The Morgan fingerprint density at radius 1 is 1.56 bits per heavy atom. The highest BCUT2D eigenvalue weighted by Crippen LogP contribution is 2.17. The van der Waals surface area contributed by atoms with Gasteiger partial charge in [-0.3, -0.25) is 4.79 Å². The molecular formula is C10H12N4O3S. The third kappa shape index (κ3) is 3.52. The van der Waals surface area contributed by atoms with Crippen LogP contribution in [0.5, 0.6) is 0 Å². The molecule has 0 spiro atoms. The normalized spacial score (nSPS) is 10.5. The fourth-order valence-electron chi connectivity index (χ4n) is 1.31. The van der Waals surface area contributed by atoms with E-state index in [1.165, 1.54) is 11.3 Å². The van der Waals surface area contributed by atoms with Crippen molar-refractivity contribution < 1.29 is 14.4 Å². The van der Waals surface area contributed by atoms with Gasteiger partial charge in [-0.1, -0.05) is 5.16 Å². The van der Waals surface area contributed by atoms with Gasteiger partial charge in [-0.15, -0.1) is 11.3 Å². The number of hydrogen-bond acceptors (Lipinski definition) is 7. The Morgan fingerprint density at radius 3 is 3.06 bits per heavy atom. The summed E-state index contributed by atoms with van der Waals surface area (Å²) in [5.74, 6) is 0.266. The van der Waals surface area contributed by atoms with E-state index >= 15 is 0 Å². The number of aryl methyl sites for hydroxylation is 2. The highest BCUT2D eigenvalue weighted by Gasteiger charge is 2.06. The molecule has 0 radical (unpaired) electrons. The first-order chi connectivity index (χ1) is 8.63. The summed E-state index contributed by atoms with van der Waals surface area (Å²) < 4.78 is 4.84. The Balaban J connectivity index is 1.84. The molecule has 0 saturated heterocycles. The minimum absolute atomic E-state index is 0.0905. The number of rotatable bonds is 6. The maximum absolute atomic E-state index is 10.4. The number of nitrogens with zero attached hydrogens (tertiary/aromatic N) is 3. The number of thiazole rings is 1. The van der Waals surface area contributed by atoms with E-state index in [1.54, 1.807) is 6.92 Å². The minimum atomic E-state index is -0.820. The van der Waals surface area contributed by atoms with Crippen LogP contribution in [-0.2, 0) is 17.8 Å². The average Bonchev–Trinajstić information content (AvgIpc) is 2.93. The molecule has 2 aromatic rings. The van der Waals surface area contributed by atoms with Gasteiger partial charge in [0.1, 0.15) is 0 Å². The molecule has 0 aromatic carbocycles. The van der Waals surface area contributed by atoms with E-state index in [-0.39, 0.29) is 6.42 Å². The SMILES string of the molecule is Cc1nc(CNc2nc(CCC(=O)O)cs2)no1. The maximum Gasteiger partial charge on any atom is 0.303 e. The predicted octanol–water partition coefficient (Wildman–Crippen LogP) is 1.46. The molecule has 2 heterocycles. The fourth-order valence-corrected chi connectivity index (χ4v) is 2.05. The number of carbonyl (C=O) groups is 1. The number of aromatic nitrogens is 3. The van der Waals surface area contributed by atoms with Crippen LogP contribution in [0.25, 0.3) is 0 Å². The summed E-state index contributed by atoms with van der Waals surface area (Å²) in [5, 5.41) is 17.9. The standard InChI is InChI=1S/C10H12N4O3S/c1-6-12-8(14-17-6)4-11-10-13-7(5-18-10)2-3-9(15)16/h5H,2-4H2,1H3,(H,11,13)(H,15,16). The molecule has 0 unspecified atom stereocenters. The van der Waals surface area contributed by atoms with Crippen molar-refractivity contribution in [2.45, 2.75) is 26.3 Å². The van der Waals surface area contributed by atoms with E-state index in [0.29, 0.717) is 24.7 Å². The molecule has 0 saturated carbocycles. The van der Waals surface area contributed by atoms with Crippen LogP contribution < -0.4 is 5.32 Å². The zero-order chi connectivity index (χ0) is 13.0. The highest BCUT2D eigenvalue weighted by molar-refractivity contribution is 7.13.